The van der Waals surface area contributed by atoms with E-state index in [0.29, 0.717) is 6.42 Å². The number of ether oxygens (including phenoxy) is 2. The molecule has 0 amide bonds. The van der Waals surface area contributed by atoms with Crippen molar-refractivity contribution in [1.82, 2.24) is 4.90 Å². The van der Waals surface area contributed by atoms with Crippen LogP contribution in [-0.2, 0) is 19.1 Å². The molecule has 1 atom stereocenters. The third kappa shape index (κ3) is 30.0. The van der Waals surface area contributed by atoms with Crippen LogP contribution in [-0.4, -0.2) is 48.7 Å². The molecule has 0 aliphatic carbocycles. The fourth-order valence-electron chi connectivity index (χ4n) is 6.14. The number of unbranched alkanes of at least 4 members (excludes halogenated alkanes) is 22. The average molecular weight is 638 g/mol. The largest absolute Gasteiger partial charge is 0.462 e. The highest BCUT2D eigenvalue weighted by Gasteiger charge is 2.28. The van der Waals surface area contributed by atoms with Crippen molar-refractivity contribution in [2.75, 3.05) is 14.1 Å². The van der Waals surface area contributed by atoms with Crippen LogP contribution >= 0.6 is 0 Å². The third-order valence-electron chi connectivity index (χ3n) is 8.98. The van der Waals surface area contributed by atoms with Gasteiger partial charge in [-0.05, 0) is 67.0 Å². The second-order valence-electron chi connectivity index (χ2n) is 15.0. The van der Waals surface area contributed by atoms with Crippen LogP contribution in [0.25, 0.3) is 0 Å². The summed E-state index contributed by atoms with van der Waals surface area (Å²) in [6.07, 6.45) is 34.6. The molecule has 0 bridgehead atoms. The van der Waals surface area contributed by atoms with E-state index in [2.05, 4.69) is 13.8 Å². The zero-order chi connectivity index (χ0) is 33.6. The molecule has 0 aromatic rings. The lowest BCUT2D eigenvalue weighted by atomic mass is 10.0. The Bertz CT molecular complexity index is 644. The molecule has 0 unspecified atom stereocenters. The van der Waals surface area contributed by atoms with E-state index in [0.717, 1.165) is 25.7 Å². The van der Waals surface area contributed by atoms with Gasteiger partial charge in [0.25, 0.3) is 0 Å². The lowest BCUT2D eigenvalue weighted by Gasteiger charge is -2.27. The summed E-state index contributed by atoms with van der Waals surface area (Å²) >= 11 is 0. The Balaban J connectivity index is 4.48. The monoisotopic (exact) mass is 638 g/mol. The first kappa shape index (κ1) is 43.9. The van der Waals surface area contributed by atoms with Crippen LogP contribution in [0.5, 0.6) is 0 Å². The summed E-state index contributed by atoms with van der Waals surface area (Å²) in [5.74, 6) is -0.446. The Morgan fingerprint density at radius 3 is 1.18 bits per heavy atom. The zero-order valence-electron chi connectivity index (χ0n) is 31.5. The van der Waals surface area contributed by atoms with Crippen LogP contribution in [0.15, 0.2) is 0 Å². The van der Waals surface area contributed by atoms with Crippen LogP contribution in [0.1, 0.15) is 214 Å². The summed E-state index contributed by atoms with van der Waals surface area (Å²) in [7, 11) is 3.73. The van der Waals surface area contributed by atoms with Gasteiger partial charge < -0.3 is 9.47 Å². The van der Waals surface area contributed by atoms with Gasteiger partial charge in [-0.3, -0.25) is 14.5 Å². The zero-order valence-corrected chi connectivity index (χ0v) is 31.5. The van der Waals surface area contributed by atoms with Crippen LogP contribution in [0, 0.1) is 0 Å². The van der Waals surface area contributed by atoms with Gasteiger partial charge in [-0.25, -0.2) is 0 Å². The van der Waals surface area contributed by atoms with Gasteiger partial charge in [-0.15, -0.1) is 0 Å². The standard InChI is InChI=1S/C40H79NO4/c1-8-10-12-14-16-18-20-22-24-26-28-30-32-36(33-31-29-27-25-23-21-19-17-15-13-11-9-2)44-38(42)35-34-37(41(6)7)39(43)45-40(3,4)5/h36-37H,8-35H2,1-7H3/t37-/m0/s1. The van der Waals surface area contributed by atoms with Crippen molar-refractivity contribution in [2.24, 2.45) is 0 Å². The Hall–Kier alpha value is -1.10. The Kier molecular flexibility index (Phi) is 29.5. The van der Waals surface area contributed by atoms with Crippen LogP contribution in [0.2, 0.25) is 0 Å². The molecule has 0 aromatic carbocycles. The summed E-state index contributed by atoms with van der Waals surface area (Å²) in [4.78, 5) is 27.5. The van der Waals surface area contributed by atoms with Crippen molar-refractivity contribution in [1.29, 1.82) is 0 Å². The van der Waals surface area contributed by atoms with Crippen molar-refractivity contribution in [3.05, 3.63) is 0 Å². The number of likely N-dealkylation sites (N-methyl/N-ethyl adjacent to an activating group) is 1. The normalized spacial score (nSPS) is 12.6. The average Bonchev–Trinajstić information content (AvgIpc) is 2.97. The molecule has 0 fully saturated rings. The minimum atomic E-state index is -0.542. The van der Waals surface area contributed by atoms with E-state index in [1.54, 1.807) is 0 Å². The number of hydrogen-bond acceptors (Lipinski definition) is 5. The Morgan fingerprint density at radius 2 is 0.867 bits per heavy atom. The Morgan fingerprint density at radius 1 is 0.533 bits per heavy atom. The SMILES string of the molecule is CCCCCCCCCCCCCCC(CCCCCCCCCCCCCC)OC(=O)CC[C@@H](C(=O)OC(C)(C)C)N(C)C. The summed E-state index contributed by atoms with van der Waals surface area (Å²) in [5.41, 5.74) is -0.542. The molecular weight excluding hydrogens is 558 g/mol. The topological polar surface area (TPSA) is 55.8 Å². The van der Waals surface area contributed by atoms with E-state index < -0.39 is 11.6 Å². The number of carbonyl (C=O) groups excluding carboxylic acids is 2. The van der Waals surface area contributed by atoms with Crippen molar-refractivity contribution in [3.63, 3.8) is 0 Å². The lowest BCUT2D eigenvalue weighted by molar-refractivity contribution is -0.161. The van der Waals surface area contributed by atoms with Crippen molar-refractivity contribution in [3.8, 4) is 0 Å². The lowest BCUT2D eigenvalue weighted by Crippen LogP contribution is -2.41. The highest BCUT2D eigenvalue weighted by atomic mass is 16.6. The number of hydrogen-bond donors (Lipinski definition) is 0. The molecule has 268 valence electrons. The van der Waals surface area contributed by atoms with Gasteiger partial charge in [0, 0.05) is 6.42 Å². The third-order valence-corrected chi connectivity index (χ3v) is 8.98. The van der Waals surface area contributed by atoms with Gasteiger partial charge in [-0.2, -0.15) is 0 Å². The minimum absolute atomic E-state index is 0.00285. The molecule has 0 aliphatic rings. The number of esters is 2. The molecule has 0 saturated heterocycles. The first-order valence-corrected chi connectivity index (χ1v) is 19.7. The maximum atomic E-state index is 12.9. The van der Waals surface area contributed by atoms with Gasteiger partial charge in [0.2, 0.25) is 0 Å². The van der Waals surface area contributed by atoms with Crippen LogP contribution in [0.3, 0.4) is 0 Å². The highest BCUT2D eigenvalue weighted by molar-refractivity contribution is 5.77. The number of rotatable bonds is 32. The summed E-state index contributed by atoms with van der Waals surface area (Å²) in [6, 6.07) is -0.442. The molecule has 0 heterocycles. The van der Waals surface area contributed by atoms with E-state index in [4.69, 9.17) is 9.47 Å². The van der Waals surface area contributed by atoms with Crippen LogP contribution < -0.4 is 0 Å². The maximum absolute atomic E-state index is 12.9. The summed E-state index contributed by atoms with van der Waals surface area (Å²) < 4.78 is 11.6. The predicted molar refractivity (Wildman–Crippen MR) is 194 cm³/mol. The molecule has 0 saturated carbocycles. The van der Waals surface area contributed by atoms with Gasteiger partial charge in [0.05, 0.1) is 0 Å². The fraction of sp³-hybridized carbons (Fsp3) is 0.950. The molecular formula is C40H79NO4. The first-order chi connectivity index (χ1) is 21.6. The van der Waals surface area contributed by atoms with Crippen LogP contribution in [0.4, 0.5) is 0 Å². The molecule has 5 nitrogen and oxygen atoms in total. The van der Waals surface area contributed by atoms with Crippen molar-refractivity contribution in [2.45, 2.75) is 232 Å². The van der Waals surface area contributed by atoms with E-state index in [9.17, 15) is 9.59 Å². The van der Waals surface area contributed by atoms with E-state index in [-0.39, 0.29) is 24.5 Å². The van der Waals surface area contributed by atoms with E-state index in [1.165, 1.54) is 141 Å². The predicted octanol–water partition coefficient (Wildman–Crippen LogP) is 12.1. The van der Waals surface area contributed by atoms with Gasteiger partial charge in [-0.1, -0.05) is 155 Å². The minimum Gasteiger partial charge on any atom is -0.462 e. The van der Waals surface area contributed by atoms with Gasteiger partial charge >= 0.3 is 11.9 Å². The molecule has 0 aromatic heterocycles. The number of nitrogens with zero attached hydrogens (tertiary/aromatic N) is 1. The summed E-state index contributed by atoms with van der Waals surface area (Å²) in [6.45, 7) is 10.2. The smallest absolute Gasteiger partial charge is 0.323 e. The molecule has 0 radical (unpaired) electrons. The van der Waals surface area contributed by atoms with Gasteiger partial charge in [0.15, 0.2) is 0 Å². The molecule has 0 rings (SSSR count). The number of carbonyl (C=O) groups is 2. The Labute approximate surface area is 281 Å². The maximum Gasteiger partial charge on any atom is 0.323 e. The molecule has 0 N–H and O–H groups in total. The van der Waals surface area contributed by atoms with E-state index in [1.807, 2.05) is 39.8 Å². The highest BCUT2D eigenvalue weighted by Crippen LogP contribution is 2.20. The van der Waals surface area contributed by atoms with Gasteiger partial charge in [0.1, 0.15) is 17.7 Å². The first-order valence-electron chi connectivity index (χ1n) is 19.7. The second kappa shape index (κ2) is 30.2. The molecule has 45 heavy (non-hydrogen) atoms. The van der Waals surface area contributed by atoms with Crippen molar-refractivity contribution < 1.29 is 19.1 Å². The van der Waals surface area contributed by atoms with E-state index >= 15 is 0 Å². The second-order valence-corrected chi connectivity index (χ2v) is 15.0. The quantitative estimate of drug-likeness (QED) is 0.0542. The molecule has 5 heteroatoms. The fourth-order valence-corrected chi connectivity index (χ4v) is 6.14. The molecule has 0 spiro atoms. The summed E-state index contributed by atoms with van der Waals surface area (Å²) in [5, 5.41) is 0. The molecule has 0 aliphatic heterocycles. The van der Waals surface area contributed by atoms with Crippen molar-refractivity contribution >= 4 is 11.9 Å².